The predicted molar refractivity (Wildman–Crippen MR) is 71.2 cm³/mol. The van der Waals surface area contributed by atoms with Crippen molar-refractivity contribution in [1.82, 2.24) is 5.32 Å². The first kappa shape index (κ1) is 12.0. The number of benzene rings is 1. The summed E-state index contributed by atoms with van der Waals surface area (Å²) in [4.78, 5) is 0. The van der Waals surface area contributed by atoms with Crippen molar-refractivity contribution in [2.75, 3.05) is 26.3 Å². The van der Waals surface area contributed by atoms with Gasteiger partial charge >= 0.3 is 0 Å². The lowest BCUT2D eigenvalue weighted by Gasteiger charge is -2.23. The largest absolute Gasteiger partial charge is 0.493 e. The second-order valence-corrected chi connectivity index (χ2v) is 5.12. The Labute approximate surface area is 108 Å². The van der Waals surface area contributed by atoms with Crippen LogP contribution in [0.2, 0.25) is 0 Å². The first-order chi connectivity index (χ1) is 8.92. The molecule has 1 heterocycles. The molecule has 1 aromatic rings. The Balaban J connectivity index is 1.48. The van der Waals surface area contributed by atoms with Gasteiger partial charge in [-0.3, -0.25) is 0 Å². The third-order valence-electron chi connectivity index (χ3n) is 3.78. The number of aryl methyl sites for hydroxylation is 2. The Morgan fingerprint density at radius 3 is 3.11 bits per heavy atom. The fraction of sp³-hybridized carbons (Fsp3) is 0.600. The third-order valence-corrected chi connectivity index (χ3v) is 3.78. The highest BCUT2D eigenvalue weighted by Crippen LogP contribution is 2.26. The van der Waals surface area contributed by atoms with Crippen molar-refractivity contribution in [1.29, 1.82) is 0 Å². The van der Waals surface area contributed by atoms with Crippen LogP contribution in [-0.4, -0.2) is 32.4 Å². The van der Waals surface area contributed by atoms with Crippen LogP contribution in [0.1, 0.15) is 24.0 Å². The van der Waals surface area contributed by atoms with E-state index in [1.807, 2.05) is 0 Å². The summed E-state index contributed by atoms with van der Waals surface area (Å²) in [6.07, 6.45) is 5.01. The van der Waals surface area contributed by atoms with Gasteiger partial charge in [0, 0.05) is 19.5 Å². The highest BCUT2D eigenvalue weighted by molar-refractivity contribution is 5.38. The van der Waals surface area contributed by atoms with Crippen molar-refractivity contribution >= 4 is 0 Å². The molecule has 2 aliphatic rings. The molecule has 1 saturated heterocycles. The van der Waals surface area contributed by atoms with Gasteiger partial charge in [0.05, 0.1) is 19.3 Å². The molecule has 1 unspecified atom stereocenters. The van der Waals surface area contributed by atoms with Gasteiger partial charge in [-0.1, -0.05) is 6.07 Å². The highest BCUT2D eigenvalue weighted by atomic mass is 16.5. The van der Waals surface area contributed by atoms with Crippen LogP contribution >= 0.6 is 0 Å². The lowest BCUT2D eigenvalue weighted by atomic mass is 10.1. The minimum Gasteiger partial charge on any atom is -0.493 e. The monoisotopic (exact) mass is 247 g/mol. The van der Waals surface area contributed by atoms with Crippen LogP contribution in [0.15, 0.2) is 18.2 Å². The van der Waals surface area contributed by atoms with Crippen LogP contribution in [-0.2, 0) is 17.6 Å². The SMILES string of the molecule is c1cc2c(cc1OCCC1CNCCO1)CCC2. The second kappa shape index (κ2) is 5.72. The van der Waals surface area contributed by atoms with E-state index < -0.39 is 0 Å². The predicted octanol–water partition coefficient (Wildman–Crippen LogP) is 1.93. The number of hydrogen-bond acceptors (Lipinski definition) is 3. The first-order valence-electron chi connectivity index (χ1n) is 6.99. The van der Waals surface area contributed by atoms with E-state index in [0.717, 1.165) is 38.5 Å². The van der Waals surface area contributed by atoms with Gasteiger partial charge in [0.1, 0.15) is 5.75 Å². The molecule has 1 atom stereocenters. The number of nitrogens with one attached hydrogen (secondary N) is 1. The van der Waals surface area contributed by atoms with Crippen LogP contribution < -0.4 is 10.1 Å². The van der Waals surface area contributed by atoms with Gasteiger partial charge in [-0.05, 0) is 42.5 Å². The zero-order chi connectivity index (χ0) is 12.2. The maximum absolute atomic E-state index is 5.83. The molecule has 1 fully saturated rings. The van der Waals surface area contributed by atoms with Crippen LogP contribution in [0.5, 0.6) is 5.75 Å². The number of morpholine rings is 1. The number of hydrogen-bond donors (Lipinski definition) is 1. The van der Waals surface area contributed by atoms with Crippen molar-refractivity contribution < 1.29 is 9.47 Å². The lowest BCUT2D eigenvalue weighted by Crippen LogP contribution is -2.39. The smallest absolute Gasteiger partial charge is 0.119 e. The van der Waals surface area contributed by atoms with E-state index in [9.17, 15) is 0 Å². The number of fused-ring (bicyclic) bond motifs is 1. The molecule has 0 bridgehead atoms. The molecular weight excluding hydrogens is 226 g/mol. The molecule has 18 heavy (non-hydrogen) atoms. The molecule has 0 saturated carbocycles. The molecule has 3 heteroatoms. The van der Waals surface area contributed by atoms with E-state index in [0.29, 0.717) is 6.10 Å². The third kappa shape index (κ3) is 2.85. The van der Waals surface area contributed by atoms with E-state index >= 15 is 0 Å². The summed E-state index contributed by atoms with van der Waals surface area (Å²) in [7, 11) is 0. The molecule has 98 valence electrons. The van der Waals surface area contributed by atoms with Gasteiger partial charge in [0.25, 0.3) is 0 Å². The Morgan fingerprint density at radius 1 is 1.28 bits per heavy atom. The lowest BCUT2D eigenvalue weighted by molar-refractivity contribution is 0.0159. The molecule has 1 aliphatic heterocycles. The Bertz CT molecular complexity index is 399. The van der Waals surface area contributed by atoms with Crippen LogP contribution in [0.25, 0.3) is 0 Å². The minimum absolute atomic E-state index is 0.313. The molecule has 3 nitrogen and oxygen atoms in total. The molecule has 0 spiro atoms. The molecule has 1 N–H and O–H groups in total. The van der Waals surface area contributed by atoms with Crippen molar-refractivity contribution in [3.63, 3.8) is 0 Å². The molecule has 0 radical (unpaired) electrons. The van der Waals surface area contributed by atoms with E-state index in [4.69, 9.17) is 9.47 Å². The van der Waals surface area contributed by atoms with Gasteiger partial charge < -0.3 is 14.8 Å². The van der Waals surface area contributed by atoms with Gasteiger partial charge in [-0.2, -0.15) is 0 Å². The molecule has 0 aromatic heterocycles. The zero-order valence-corrected chi connectivity index (χ0v) is 10.8. The molecular formula is C15H21NO2. The minimum atomic E-state index is 0.313. The van der Waals surface area contributed by atoms with Gasteiger partial charge in [-0.25, -0.2) is 0 Å². The zero-order valence-electron chi connectivity index (χ0n) is 10.8. The van der Waals surface area contributed by atoms with Gasteiger partial charge in [0.2, 0.25) is 0 Å². The summed E-state index contributed by atoms with van der Waals surface area (Å²) < 4.78 is 11.5. The maximum Gasteiger partial charge on any atom is 0.119 e. The summed E-state index contributed by atoms with van der Waals surface area (Å²) in [5, 5.41) is 3.34. The fourth-order valence-corrected chi connectivity index (χ4v) is 2.75. The number of rotatable bonds is 4. The van der Waals surface area contributed by atoms with E-state index in [1.54, 1.807) is 0 Å². The summed E-state index contributed by atoms with van der Waals surface area (Å²) in [5.74, 6) is 1.01. The first-order valence-corrected chi connectivity index (χ1v) is 6.99. The topological polar surface area (TPSA) is 30.5 Å². The normalized spacial score (nSPS) is 22.8. The molecule has 1 aliphatic carbocycles. The van der Waals surface area contributed by atoms with E-state index in [2.05, 4.69) is 23.5 Å². The van der Waals surface area contributed by atoms with Gasteiger partial charge in [0.15, 0.2) is 0 Å². The van der Waals surface area contributed by atoms with E-state index in [-0.39, 0.29) is 0 Å². The molecule has 3 rings (SSSR count). The Kier molecular flexibility index (Phi) is 3.81. The Hall–Kier alpha value is -1.06. The number of ether oxygens (including phenoxy) is 2. The molecule has 1 aromatic carbocycles. The quantitative estimate of drug-likeness (QED) is 0.882. The van der Waals surface area contributed by atoms with Crippen molar-refractivity contribution in [2.45, 2.75) is 31.8 Å². The second-order valence-electron chi connectivity index (χ2n) is 5.12. The maximum atomic E-state index is 5.83. The van der Waals surface area contributed by atoms with Crippen LogP contribution in [0, 0.1) is 0 Å². The van der Waals surface area contributed by atoms with E-state index in [1.165, 1.54) is 30.4 Å². The van der Waals surface area contributed by atoms with Gasteiger partial charge in [-0.15, -0.1) is 0 Å². The van der Waals surface area contributed by atoms with Crippen LogP contribution in [0.3, 0.4) is 0 Å². The highest BCUT2D eigenvalue weighted by Gasteiger charge is 2.14. The van der Waals surface area contributed by atoms with Crippen LogP contribution in [0.4, 0.5) is 0 Å². The average Bonchev–Trinajstić information content (AvgIpc) is 2.87. The molecule has 0 amide bonds. The average molecular weight is 247 g/mol. The summed E-state index contributed by atoms with van der Waals surface area (Å²) in [6, 6.07) is 6.53. The summed E-state index contributed by atoms with van der Waals surface area (Å²) in [5.41, 5.74) is 2.98. The van der Waals surface area contributed by atoms with Crippen molar-refractivity contribution in [3.05, 3.63) is 29.3 Å². The van der Waals surface area contributed by atoms with Crippen molar-refractivity contribution in [2.24, 2.45) is 0 Å². The van der Waals surface area contributed by atoms with Crippen molar-refractivity contribution in [3.8, 4) is 5.75 Å². The Morgan fingerprint density at radius 2 is 2.22 bits per heavy atom. The standard InChI is InChI=1S/C15H21NO2/c1-2-12-4-5-14(10-13(12)3-1)17-8-6-15-11-16-7-9-18-15/h4-5,10,15-16H,1-3,6-9,11H2. The summed E-state index contributed by atoms with van der Waals surface area (Å²) in [6.45, 7) is 3.49. The summed E-state index contributed by atoms with van der Waals surface area (Å²) >= 11 is 0. The fourth-order valence-electron chi connectivity index (χ4n) is 2.75.